The van der Waals surface area contributed by atoms with Gasteiger partial charge in [-0.1, -0.05) is 13.3 Å². The molecule has 0 aliphatic heterocycles. The van der Waals surface area contributed by atoms with E-state index in [0.29, 0.717) is 5.56 Å². The fraction of sp³-hybridized carbons (Fsp3) is 0.455. The fourth-order valence-corrected chi connectivity index (χ4v) is 1.46. The van der Waals surface area contributed by atoms with Crippen molar-refractivity contribution in [1.29, 1.82) is 0 Å². The van der Waals surface area contributed by atoms with Crippen molar-refractivity contribution in [3.05, 3.63) is 33.7 Å². The van der Waals surface area contributed by atoms with E-state index >= 15 is 0 Å². The number of hydrogen-bond donors (Lipinski definition) is 1. The smallest absolute Gasteiger partial charge is 0.192 e. The Balaban J connectivity index is 3.08. The molecule has 0 atom stereocenters. The highest BCUT2D eigenvalue weighted by molar-refractivity contribution is 5.94. The maximum atomic E-state index is 11.4. The minimum absolute atomic E-state index is 0.155. The summed E-state index contributed by atoms with van der Waals surface area (Å²) in [6.45, 7) is 3.51. The molecule has 3 nitrogen and oxygen atoms in total. The van der Waals surface area contributed by atoms with Gasteiger partial charge in [0, 0.05) is 18.0 Å². The van der Waals surface area contributed by atoms with Crippen LogP contribution in [0.25, 0.3) is 0 Å². The van der Waals surface area contributed by atoms with E-state index in [9.17, 15) is 9.59 Å². The van der Waals surface area contributed by atoms with Crippen LogP contribution in [0.2, 0.25) is 0 Å². The average molecular weight is 193 g/mol. The molecule has 0 saturated carbocycles. The maximum Gasteiger partial charge on any atom is 0.192 e. The minimum Gasteiger partial charge on any atom is -0.364 e. The Morgan fingerprint density at radius 3 is 2.79 bits per heavy atom. The number of nitrogens with one attached hydrogen (secondary N) is 1. The van der Waals surface area contributed by atoms with Crippen LogP contribution in [-0.4, -0.2) is 10.8 Å². The standard InChI is InChI=1S/C11H15NO2/c1-3-4-5-9-11(8(2)13)10(14)6-7-12-9/h6-7H,3-5H2,1-2H3,(H,12,14). The Morgan fingerprint density at radius 2 is 2.21 bits per heavy atom. The molecule has 1 aromatic heterocycles. The molecule has 0 saturated heterocycles. The molecule has 0 amide bonds. The van der Waals surface area contributed by atoms with Crippen LogP contribution in [0.15, 0.2) is 17.1 Å². The quantitative estimate of drug-likeness (QED) is 0.743. The van der Waals surface area contributed by atoms with Crippen molar-refractivity contribution in [3.8, 4) is 0 Å². The number of aromatic nitrogens is 1. The predicted molar refractivity (Wildman–Crippen MR) is 55.7 cm³/mol. The lowest BCUT2D eigenvalue weighted by atomic mass is 10.1. The monoisotopic (exact) mass is 193 g/mol. The van der Waals surface area contributed by atoms with Crippen molar-refractivity contribution in [2.24, 2.45) is 0 Å². The minimum atomic E-state index is -0.178. The van der Waals surface area contributed by atoms with Gasteiger partial charge in [-0.15, -0.1) is 0 Å². The summed E-state index contributed by atoms with van der Waals surface area (Å²) in [5.74, 6) is -0.155. The average Bonchev–Trinajstić information content (AvgIpc) is 2.14. The number of aryl methyl sites for hydroxylation is 1. The number of H-pyrrole nitrogens is 1. The summed E-state index contributed by atoms with van der Waals surface area (Å²) < 4.78 is 0. The normalized spacial score (nSPS) is 10.1. The van der Waals surface area contributed by atoms with E-state index in [1.54, 1.807) is 6.20 Å². The molecule has 0 bridgehead atoms. The van der Waals surface area contributed by atoms with Gasteiger partial charge in [-0.05, 0) is 19.8 Å². The van der Waals surface area contributed by atoms with Crippen LogP contribution in [0, 0.1) is 0 Å². The Bertz CT molecular complexity index is 379. The van der Waals surface area contributed by atoms with Gasteiger partial charge in [0.1, 0.15) is 0 Å². The topological polar surface area (TPSA) is 49.9 Å². The summed E-state index contributed by atoms with van der Waals surface area (Å²) in [4.78, 5) is 25.6. The van der Waals surface area contributed by atoms with Crippen LogP contribution in [0.5, 0.6) is 0 Å². The van der Waals surface area contributed by atoms with E-state index in [2.05, 4.69) is 11.9 Å². The third kappa shape index (κ3) is 2.31. The summed E-state index contributed by atoms with van der Waals surface area (Å²) in [6.07, 6.45) is 4.40. The van der Waals surface area contributed by atoms with Gasteiger partial charge in [-0.3, -0.25) is 9.59 Å². The Hall–Kier alpha value is -1.38. The molecule has 0 radical (unpaired) electrons. The summed E-state index contributed by atoms with van der Waals surface area (Å²) in [5, 5.41) is 0. The number of unbranched alkanes of at least 4 members (excludes halogenated alkanes) is 1. The Kier molecular flexibility index (Phi) is 3.63. The number of carbonyl (C=O) groups is 1. The van der Waals surface area contributed by atoms with Crippen molar-refractivity contribution in [3.63, 3.8) is 0 Å². The molecular weight excluding hydrogens is 178 g/mol. The zero-order chi connectivity index (χ0) is 10.6. The van der Waals surface area contributed by atoms with E-state index in [1.807, 2.05) is 0 Å². The summed E-state index contributed by atoms with van der Waals surface area (Å²) in [5.41, 5.74) is 0.912. The van der Waals surface area contributed by atoms with Crippen LogP contribution in [0.3, 0.4) is 0 Å². The van der Waals surface area contributed by atoms with Gasteiger partial charge < -0.3 is 4.98 Å². The second kappa shape index (κ2) is 4.74. The van der Waals surface area contributed by atoms with Crippen molar-refractivity contribution >= 4 is 5.78 Å². The molecule has 0 aliphatic rings. The van der Waals surface area contributed by atoms with Gasteiger partial charge in [-0.25, -0.2) is 0 Å². The number of hydrogen-bond acceptors (Lipinski definition) is 2. The second-order valence-electron chi connectivity index (χ2n) is 3.36. The van der Waals surface area contributed by atoms with Crippen molar-refractivity contribution in [2.75, 3.05) is 0 Å². The third-order valence-electron chi connectivity index (χ3n) is 2.17. The van der Waals surface area contributed by atoms with Crippen LogP contribution in [0.4, 0.5) is 0 Å². The summed E-state index contributed by atoms with van der Waals surface area (Å²) >= 11 is 0. The number of aromatic amines is 1. The van der Waals surface area contributed by atoms with Crippen LogP contribution >= 0.6 is 0 Å². The second-order valence-corrected chi connectivity index (χ2v) is 3.36. The fourth-order valence-electron chi connectivity index (χ4n) is 1.46. The molecule has 0 fully saturated rings. The van der Waals surface area contributed by atoms with Crippen LogP contribution in [-0.2, 0) is 6.42 Å². The van der Waals surface area contributed by atoms with E-state index in [4.69, 9.17) is 0 Å². The molecule has 1 aromatic rings. The highest BCUT2D eigenvalue weighted by atomic mass is 16.1. The van der Waals surface area contributed by atoms with Gasteiger partial charge in [-0.2, -0.15) is 0 Å². The Labute approximate surface area is 83.2 Å². The maximum absolute atomic E-state index is 11.4. The SMILES string of the molecule is CCCCc1[nH]ccc(=O)c1C(C)=O. The molecule has 3 heteroatoms. The predicted octanol–water partition coefficient (Wildman–Crippen LogP) is 1.92. The number of ketones is 1. The van der Waals surface area contributed by atoms with Crippen LogP contribution < -0.4 is 5.43 Å². The first-order valence-electron chi connectivity index (χ1n) is 4.88. The lowest BCUT2D eigenvalue weighted by Gasteiger charge is -2.04. The lowest BCUT2D eigenvalue weighted by molar-refractivity contribution is 0.101. The molecule has 0 unspecified atom stereocenters. The number of carbonyl (C=O) groups excluding carboxylic acids is 1. The highest BCUT2D eigenvalue weighted by Gasteiger charge is 2.10. The van der Waals surface area contributed by atoms with Crippen molar-refractivity contribution < 1.29 is 4.79 Å². The molecule has 0 spiro atoms. The molecule has 1 rings (SSSR count). The summed E-state index contributed by atoms with van der Waals surface area (Å²) in [7, 11) is 0. The number of Topliss-reactive ketones (excluding diaryl/α,β-unsaturated/α-hetero) is 1. The van der Waals surface area contributed by atoms with E-state index in [1.165, 1.54) is 13.0 Å². The van der Waals surface area contributed by atoms with E-state index in [-0.39, 0.29) is 11.2 Å². The largest absolute Gasteiger partial charge is 0.364 e. The number of rotatable bonds is 4. The number of pyridine rings is 1. The summed E-state index contributed by atoms with van der Waals surface area (Å²) in [6, 6.07) is 1.40. The van der Waals surface area contributed by atoms with Gasteiger partial charge in [0.25, 0.3) is 0 Å². The van der Waals surface area contributed by atoms with Crippen molar-refractivity contribution in [1.82, 2.24) is 4.98 Å². The Morgan fingerprint density at radius 1 is 1.50 bits per heavy atom. The van der Waals surface area contributed by atoms with Gasteiger partial charge in [0.05, 0.1) is 5.56 Å². The molecule has 0 aliphatic carbocycles. The molecular formula is C11H15NO2. The zero-order valence-electron chi connectivity index (χ0n) is 8.59. The van der Waals surface area contributed by atoms with Crippen LogP contribution in [0.1, 0.15) is 42.7 Å². The van der Waals surface area contributed by atoms with E-state index < -0.39 is 0 Å². The van der Waals surface area contributed by atoms with Gasteiger partial charge >= 0.3 is 0 Å². The lowest BCUT2D eigenvalue weighted by Crippen LogP contribution is -2.16. The molecule has 0 aromatic carbocycles. The van der Waals surface area contributed by atoms with Gasteiger partial charge in [0.2, 0.25) is 0 Å². The first kappa shape index (κ1) is 10.7. The van der Waals surface area contributed by atoms with Crippen molar-refractivity contribution in [2.45, 2.75) is 33.1 Å². The molecule has 1 heterocycles. The molecule has 1 N–H and O–H groups in total. The first-order valence-corrected chi connectivity index (χ1v) is 4.88. The van der Waals surface area contributed by atoms with E-state index in [0.717, 1.165) is 25.0 Å². The van der Waals surface area contributed by atoms with Gasteiger partial charge in [0.15, 0.2) is 11.2 Å². The highest BCUT2D eigenvalue weighted by Crippen LogP contribution is 2.05. The third-order valence-corrected chi connectivity index (χ3v) is 2.17. The molecule has 76 valence electrons. The molecule has 14 heavy (non-hydrogen) atoms. The zero-order valence-corrected chi connectivity index (χ0v) is 8.59. The first-order chi connectivity index (χ1) is 6.66.